The van der Waals surface area contributed by atoms with E-state index in [1.54, 1.807) is 11.9 Å². The fraction of sp³-hybridized carbons (Fsp3) is 0.556. The molecule has 0 aliphatic heterocycles. The van der Waals surface area contributed by atoms with E-state index in [1.165, 1.54) is 19.5 Å². The van der Waals surface area contributed by atoms with E-state index in [4.69, 9.17) is 4.74 Å². The fourth-order valence-electron chi connectivity index (χ4n) is 1.22. The molecule has 0 saturated heterocycles. The van der Waals surface area contributed by atoms with E-state index in [2.05, 4.69) is 9.97 Å². The van der Waals surface area contributed by atoms with E-state index in [9.17, 15) is 9.90 Å². The molecule has 0 bridgehead atoms. The Labute approximate surface area is 87.5 Å². The molecule has 2 N–H and O–H groups in total. The Kier molecular flexibility index (Phi) is 4.26. The number of H-pyrrole nitrogens is 1. The first-order valence-corrected chi connectivity index (χ1v) is 4.56. The summed E-state index contributed by atoms with van der Waals surface area (Å²) in [5.74, 6) is 0.522. The number of likely N-dealkylation sites (N-methyl/N-ethyl adjacent to an activating group) is 1. The number of nitrogens with zero attached hydrogens (tertiary/aromatic N) is 2. The zero-order chi connectivity index (χ0) is 11.3. The quantitative estimate of drug-likeness (QED) is 0.670. The molecule has 0 aromatic carbocycles. The van der Waals surface area contributed by atoms with Gasteiger partial charge in [0.2, 0.25) is 0 Å². The van der Waals surface area contributed by atoms with Crippen molar-refractivity contribution < 1.29 is 9.84 Å². The lowest BCUT2D eigenvalue weighted by atomic mass is 10.3. The van der Waals surface area contributed by atoms with Crippen molar-refractivity contribution in [1.29, 1.82) is 0 Å². The van der Waals surface area contributed by atoms with Crippen LogP contribution in [0.15, 0.2) is 17.2 Å². The summed E-state index contributed by atoms with van der Waals surface area (Å²) in [6.45, 7) is 0.623. The van der Waals surface area contributed by atoms with Crippen LogP contribution in [0.2, 0.25) is 0 Å². The summed E-state index contributed by atoms with van der Waals surface area (Å²) in [7, 11) is 3.27. The Morgan fingerprint density at radius 2 is 2.47 bits per heavy atom. The number of ether oxygens (including phenoxy) is 1. The number of anilines is 1. The Balaban J connectivity index is 2.60. The lowest BCUT2D eigenvalue weighted by Crippen LogP contribution is -2.32. The summed E-state index contributed by atoms with van der Waals surface area (Å²) in [5, 5.41) is 9.47. The molecule has 15 heavy (non-hydrogen) atoms. The molecule has 1 aromatic rings. The number of nitrogens with one attached hydrogen (secondary N) is 1. The summed E-state index contributed by atoms with van der Waals surface area (Å²) in [6, 6.07) is 1.37. The third kappa shape index (κ3) is 3.69. The minimum absolute atomic E-state index is 0.215. The van der Waals surface area contributed by atoms with Crippen LogP contribution in [0.4, 0.5) is 5.82 Å². The fourth-order valence-corrected chi connectivity index (χ4v) is 1.22. The SMILES string of the molecule is COCC(O)CN(C)c1cc(=O)[nH]cn1. The summed E-state index contributed by atoms with van der Waals surface area (Å²) >= 11 is 0. The Morgan fingerprint density at radius 1 is 1.73 bits per heavy atom. The van der Waals surface area contributed by atoms with Crippen LogP contribution in [-0.2, 0) is 4.74 Å². The van der Waals surface area contributed by atoms with Gasteiger partial charge >= 0.3 is 0 Å². The van der Waals surface area contributed by atoms with Crippen LogP contribution < -0.4 is 10.5 Å². The maximum Gasteiger partial charge on any atom is 0.252 e. The van der Waals surface area contributed by atoms with Crippen molar-refractivity contribution in [3.8, 4) is 0 Å². The van der Waals surface area contributed by atoms with E-state index in [1.807, 2.05) is 0 Å². The van der Waals surface area contributed by atoms with Crippen LogP contribution in [0, 0.1) is 0 Å². The topological polar surface area (TPSA) is 78.5 Å². The standard InChI is InChI=1S/C9H15N3O3/c1-12(4-7(13)5-15-2)8-3-9(14)11-6-10-8/h3,6-7,13H,4-5H2,1-2H3,(H,10,11,14). The van der Waals surface area contributed by atoms with Crippen LogP contribution in [-0.4, -0.2) is 48.5 Å². The van der Waals surface area contributed by atoms with E-state index < -0.39 is 6.10 Å². The summed E-state index contributed by atoms with van der Waals surface area (Å²) in [5.41, 5.74) is -0.215. The molecule has 0 radical (unpaired) electrons. The second kappa shape index (κ2) is 5.47. The highest BCUT2D eigenvalue weighted by molar-refractivity contribution is 5.35. The molecule has 1 rings (SSSR count). The third-order valence-corrected chi connectivity index (χ3v) is 1.90. The Bertz CT molecular complexity index is 352. The second-order valence-corrected chi connectivity index (χ2v) is 3.26. The summed E-state index contributed by atoms with van der Waals surface area (Å²) in [4.78, 5) is 19.1. The van der Waals surface area contributed by atoms with E-state index in [0.717, 1.165) is 0 Å². The zero-order valence-electron chi connectivity index (χ0n) is 8.80. The predicted octanol–water partition coefficient (Wildman–Crippen LogP) is -0.787. The van der Waals surface area contributed by atoms with Crippen LogP contribution in [0.3, 0.4) is 0 Å². The first-order valence-electron chi connectivity index (χ1n) is 4.56. The van der Waals surface area contributed by atoms with Gasteiger partial charge in [0.05, 0.1) is 19.0 Å². The van der Waals surface area contributed by atoms with Gasteiger partial charge in [0.15, 0.2) is 0 Å². The third-order valence-electron chi connectivity index (χ3n) is 1.90. The molecule has 0 amide bonds. The molecule has 6 heteroatoms. The number of aromatic nitrogens is 2. The van der Waals surface area contributed by atoms with Crippen molar-refractivity contribution >= 4 is 5.82 Å². The Morgan fingerprint density at radius 3 is 3.07 bits per heavy atom. The van der Waals surface area contributed by atoms with E-state index in [-0.39, 0.29) is 12.2 Å². The maximum atomic E-state index is 11.0. The largest absolute Gasteiger partial charge is 0.389 e. The van der Waals surface area contributed by atoms with Crippen molar-refractivity contribution in [3.05, 3.63) is 22.7 Å². The van der Waals surface area contributed by atoms with Gasteiger partial charge in [0.25, 0.3) is 5.56 Å². The minimum Gasteiger partial charge on any atom is -0.389 e. The zero-order valence-corrected chi connectivity index (χ0v) is 8.80. The van der Waals surface area contributed by atoms with E-state index >= 15 is 0 Å². The molecule has 84 valence electrons. The van der Waals surface area contributed by atoms with Gasteiger partial charge in [0.1, 0.15) is 5.82 Å². The smallest absolute Gasteiger partial charge is 0.252 e. The highest BCUT2D eigenvalue weighted by Crippen LogP contribution is 2.03. The first-order chi connectivity index (χ1) is 7.13. The first kappa shape index (κ1) is 11.7. The molecule has 0 fully saturated rings. The molecule has 6 nitrogen and oxygen atoms in total. The van der Waals surface area contributed by atoms with Crippen LogP contribution in [0.1, 0.15) is 0 Å². The molecule has 1 heterocycles. The molecule has 1 aromatic heterocycles. The van der Waals surface area contributed by atoms with Gasteiger partial charge < -0.3 is 19.7 Å². The molecule has 0 spiro atoms. The van der Waals surface area contributed by atoms with Gasteiger partial charge in [-0.1, -0.05) is 0 Å². The lowest BCUT2D eigenvalue weighted by molar-refractivity contribution is 0.0694. The maximum absolute atomic E-state index is 11.0. The number of hydrogen-bond acceptors (Lipinski definition) is 5. The number of aromatic amines is 1. The van der Waals surface area contributed by atoms with Crippen LogP contribution in [0.25, 0.3) is 0 Å². The highest BCUT2D eigenvalue weighted by Gasteiger charge is 2.09. The average molecular weight is 213 g/mol. The normalized spacial score (nSPS) is 12.5. The highest BCUT2D eigenvalue weighted by atomic mass is 16.5. The van der Waals surface area contributed by atoms with Crippen molar-refractivity contribution in [2.45, 2.75) is 6.10 Å². The monoisotopic (exact) mass is 213 g/mol. The van der Waals surface area contributed by atoms with Gasteiger partial charge in [0, 0.05) is 26.8 Å². The van der Waals surface area contributed by atoms with Crippen molar-refractivity contribution in [3.63, 3.8) is 0 Å². The van der Waals surface area contributed by atoms with Gasteiger partial charge in [-0.25, -0.2) is 4.98 Å². The van der Waals surface area contributed by atoms with Crippen molar-refractivity contribution in [1.82, 2.24) is 9.97 Å². The molecule has 1 atom stereocenters. The van der Waals surface area contributed by atoms with E-state index in [0.29, 0.717) is 12.4 Å². The molecular weight excluding hydrogens is 198 g/mol. The number of aliphatic hydroxyl groups excluding tert-OH is 1. The number of rotatable bonds is 5. The second-order valence-electron chi connectivity index (χ2n) is 3.26. The van der Waals surface area contributed by atoms with Gasteiger partial charge in [-0.2, -0.15) is 0 Å². The Hall–Kier alpha value is -1.40. The predicted molar refractivity (Wildman–Crippen MR) is 56.0 cm³/mol. The average Bonchev–Trinajstić information content (AvgIpc) is 2.18. The summed E-state index contributed by atoms with van der Waals surface area (Å²) in [6.07, 6.45) is 0.734. The van der Waals surface area contributed by atoms with Gasteiger partial charge in [-0.15, -0.1) is 0 Å². The van der Waals surface area contributed by atoms with Crippen LogP contribution in [0.5, 0.6) is 0 Å². The lowest BCUT2D eigenvalue weighted by Gasteiger charge is -2.20. The molecular formula is C9H15N3O3. The molecule has 0 saturated carbocycles. The number of aliphatic hydroxyl groups is 1. The van der Waals surface area contributed by atoms with Crippen molar-refractivity contribution in [2.24, 2.45) is 0 Å². The minimum atomic E-state index is -0.596. The molecule has 0 aliphatic carbocycles. The van der Waals surface area contributed by atoms with Gasteiger partial charge in [-0.3, -0.25) is 4.79 Å². The van der Waals surface area contributed by atoms with Crippen molar-refractivity contribution in [2.75, 3.05) is 32.2 Å². The van der Waals surface area contributed by atoms with Gasteiger partial charge in [-0.05, 0) is 0 Å². The molecule has 0 aliphatic rings. The molecule has 1 unspecified atom stereocenters. The number of hydrogen-bond donors (Lipinski definition) is 2. The van der Waals surface area contributed by atoms with Crippen LogP contribution >= 0.6 is 0 Å². The number of methoxy groups -OCH3 is 1. The summed E-state index contributed by atoms with van der Waals surface area (Å²) < 4.78 is 4.80.